The molecule has 0 N–H and O–H groups in total. The lowest BCUT2D eigenvalue weighted by atomic mass is 10.3. The molecule has 0 bridgehead atoms. The van der Waals surface area contributed by atoms with Crippen LogP contribution >= 0.6 is 0 Å². The van der Waals surface area contributed by atoms with E-state index in [1.54, 1.807) is 17.3 Å². The van der Waals surface area contributed by atoms with E-state index in [1.807, 2.05) is 0 Å². The highest BCUT2D eigenvalue weighted by Crippen LogP contribution is 2.15. The van der Waals surface area contributed by atoms with Crippen molar-refractivity contribution < 1.29 is 0 Å². The van der Waals surface area contributed by atoms with Crippen LogP contribution in [0, 0.1) is 0 Å². The van der Waals surface area contributed by atoms with Gasteiger partial charge in [0, 0.05) is 0 Å². The highest BCUT2D eigenvalue weighted by molar-refractivity contribution is 7.96. The Kier molecular flexibility index (Phi) is 5.09. The molecule has 0 aromatic heterocycles. The second-order valence-electron chi connectivity index (χ2n) is 3.49. The molecule has 0 aromatic rings. The van der Waals surface area contributed by atoms with E-state index in [-0.39, 0.29) is 0 Å². The summed E-state index contributed by atoms with van der Waals surface area (Å²) in [6.07, 6.45) is 8.90. The van der Waals surface area contributed by atoms with Crippen LogP contribution in [0.25, 0.3) is 0 Å². The Morgan fingerprint density at radius 3 is 2.36 bits per heavy atom. The molecule has 0 aromatic carbocycles. The molecule has 0 atom stereocenters. The average Bonchev–Trinajstić information content (AvgIpc) is 2.07. The average molecular weight is 173 g/mol. The van der Waals surface area contributed by atoms with Gasteiger partial charge in [-0.15, -0.1) is 0 Å². The molecule has 66 valence electrons. The SMILES string of the molecule is CCCCC[S+]1CCCCC1. The van der Waals surface area contributed by atoms with Gasteiger partial charge in [0.05, 0.1) is 0 Å². The van der Waals surface area contributed by atoms with E-state index < -0.39 is 0 Å². The molecule has 0 unspecified atom stereocenters. The first kappa shape index (κ1) is 9.44. The van der Waals surface area contributed by atoms with E-state index in [0.717, 1.165) is 10.9 Å². The van der Waals surface area contributed by atoms with Crippen LogP contribution in [0.2, 0.25) is 0 Å². The van der Waals surface area contributed by atoms with E-state index in [0.29, 0.717) is 0 Å². The second kappa shape index (κ2) is 5.93. The van der Waals surface area contributed by atoms with E-state index in [2.05, 4.69) is 6.92 Å². The molecule has 1 aliphatic heterocycles. The minimum atomic E-state index is 0.854. The van der Waals surface area contributed by atoms with Crippen LogP contribution in [-0.4, -0.2) is 17.3 Å². The Labute approximate surface area is 74.1 Å². The maximum Gasteiger partial charge on any atom is 0.108 e. The smallest absolute Gasteiger partial charge is 0.0654 e. The Balaban J connectivity index is 1.96. The first-order valence-corrected chi connectivity index (χ1v) is 6.81. The molecule has 1 aliphatic rings. The summed E-state index contributed by atoms with van der Waals surface area (Å²) in [5.74, 6) is 4.67. The molecule has 1 heterocycles. The predicted molar refractivity (Wildman–Crippen MR) is 55.3 cm³/mol. The van der Waals surface area contributed by atoms with Crippen LogP contribution < -0.4 is 0 Å². The first-order chi connectivity index (χ1) is 5.43. The van der Waals surface area contributed by atoms with Gasteiger partial charge in [0.15, 0.2) is 0 Å². The van der Waals surface area contributed by atoms with Crippen LogP contribution in [0.15, 0.2) is 0 Å². The van der Waals surface area contributed by atoms with Crippen LogP contribution in [0.5, 0.6) is 0 Å². The fraction of sp³-hybridized carbons (Fsp3) is 1.00. The minimum absolute atomic E-state index is 0.854. The Morgan fingerprint density at radius 2 is 1.73 bits per heavy atom. The van der Waals surface area contributed by atoms with Crippen molar-refractivity contribution in [1.29, 1.82) is 0 Å². The molecule has 0 saturated carbocycles. The Morgan fingerprint density at radius 1 is 1.00 bits per heavy atom. The predicted octanol–water partition coefficient (Wildman–Crippen LogP) is 2.98. The van der Waals surface area contributed by atoms with Gasteiger partial charge in [0.2, 0.25) is 0 Å². The molecule has 1 heteroatoms. The summed E-state index contributed by atoms with van der Waals surface area (Å²) in [5, 5.41) is 0. The fourth-order valence-corrected chi connectivity index (χ4v) is 4.10. The summed E-state index contributed by atoms with van der Waals surface area (Å²) in [5.41, 5.74) is 0. The molecule has 1 rings (SSSR count). The summed E-state index contributed by atoms with van der Waals surface area (Å²) in [4.78, 5) is 0. The van der Waals surface area contributed by atoms with E-state index in [1.165, 1.54) is 38.5 Å². The van der Waals surface area contributed by atoms with Crippen molar-refractivity contribution in [2.24, 2.45) is 0 Å². The quantitative estimate of drug-likeness (QED) is 0.453. The zero-order valence-electron chi connectivity index (χ0n) is 7.77. The van der Waals surface area contributed by atoms with Gasteiger partial charge in [0.1, 0.15) is 17.3 Å². The Bertz CT molecular complexity index is 84.9. The summed E-state index contributed by atoms with van der Waals surface area (Å²) in [6, 6.07) is 0. The second-order valence-corrected chi connectivity index (χ2v) is 5.94. The van der Waals surface area contributed by atoms with Gasteiger partial charge in [0.25, 0.3) is 0 Å². The zero-order chi connectivity index (χ0) is 7.94. The van der Waals surface area contributed by atoms with Crippen LogP contribution in [-0.2, 0) is 10.9 Å². The highest BCUT2D eigenvalue weighted by atomic mass is 32.2. The number of unbranched alkanes of at least 4 members (excludes halogenated alkanes) is 2. The van der Waals surface area contributed by atoms with Crippen molar-refractivity contribution in [1.82, 2.24) is 0 Å². The summed E-state index contributed by atoms with van der Waals surface area (Å²) in [7, 11) is 0.854. The van der Waals surface area contributed by atoms with Gasteiger partial charge < -0.3 is 0 Å². The van der Waals surface area contributed by atoms with Crippen LogP contribution in [0.1, 0.15) is 45.4 Å². The van der Waals surface area contributed by atoms with Crippen molar-refractivity contribution in [3.8, 4) is 0 Å². The minimum Gasteiger partial charge on any atom is -0.0654 e. The summed E-state index contributed by atoms with van der Waals surface area (Å²) in [6.45, 7) is 2.30. The monoisotopic (exact) mass is 173 g/mol. The van der Waals surface area contributed by atoms with Gasteiger partial charge >= 0.3 is 0 Å². The summed E-state index contributed by atoms with van der Waals surface area (Å²) >= 11 is 0. The number of hydrogen-bond acceptors (Lipinski definition) is 0. The molecule has 0 amide bonds. The molecule has 11 heavy (non-hydrogen) atoms. The zero-order valence-corrected chi connectivity index (χ0v) is 8.59. The topological polar surface area (TPSA) is 0 Å². The maximum atomic E-state index is 2.30. The number of hydrogen-bond donors (Lipinski definition) is 0. The number of rotatable bonds is 4. The van der Waals surface area contributed by atoms with Crippen molar-refractivity contribution >= 4 is 10.9 Å². The largest absolute Gasteiger partial charge is 0.108 e. The normalized spacial score (nSPS) is 20.5. The van der Waals surface area contributed by atoms with Crippen LogP contribution in [0.4, 0.5) is 0 Å². The van der Waals surface area contributed by atoms with E-state index in [4.69, 9.17) is 0 Å². The third-order valence-electron chi connectivity index (χ3n) is 2.40. The fourth-order valence-electron chi connectivity index (χ4n) is 1.65. The molecular weight excluding hydrogens is 152 g/mol. The third kappa shape index (κ3) is 4.05. The lowest BCUT2D eigenvalue weighted by molar-refractivity contribution is 0.742. The molecule has 1 fully saturated rings. The lowest BCUT2D eigenvalue weighted by Gasteiger charge is -2.12. The summed E-state index contributed by atoms with van der Waals surface area (Å²) < 4.78 is 0. The molecule has 0 aliphatic carbocycles. The molecule has 0 nitrogen and oxygen atoms in total. The van der Waals surface area contributed by atoms with Crippen molar-refractivity contribution in [3.63, 3.8) is 0 Å². The van der Waals surface area contributed by atoms with Gasteiger partial charge in [-0.05, 0) is 43.0 Å². The van der Waals surface area contributed by atoms with Gasteiger partial charge in [-0.25, -0.2) is 0 Å². The van der Waals surface area contributed by atoms with Crippen molar-refractivity contribution in [3.05, 3.63) is 0 Å². The standard InChI is InChI=1S/C10H21S/c1-2-3-5-8-11-9-6-4-7-10-11/h2-10H2,1H3/q+1. The molecular formula is C10H21S+. The van der Waals surface area contributed by atoms with Crippen LogP contribution in [0.3, 0.4) is 0 Å². The van der Waals surface area contributed by atoms with Gasteiger partial charge in [-0.3, -0.25) is 0 Å². The molecule has 1 saturated heterocycles. The first-order valence-electron chi connectivity index (χ1n) is 5.07. The van der Waals surface area contributed by atoms with E-state index in [9.17, 15) is 0 Å². The van der Waals surface area contributed by atoms with E-state index >= 15 is 0 Å². The van der Waals surface area contributed by atoms with Crippen molar-refractivity contribution in [2.45, 2.75) is 45.4 Å². The Hall–Kier alpha value is 0.350. The molecule has 0 spiro atoms. The van der Waals surface area contributed by atoms with Gasteiger partial charge in [-0.1, -0.05) is 13.3 Å². The van der Waals surface area contributed by atoms with Gasteiger partial charge in [-0.2, -0.15) is 0 Å². The third-order valence-corrected chi connectivity index (χ3v) is 5.00. The molecule has 0 radical (unpaired) electrons. The van der Waals surface area contributed by atoms with Crippen molar-refractivity contribution in [2.75, 3.05) is 17.3 Å². The lowest BCUT2D eigenvalue weighted by Crippen LogP contribution is -2.20. The maximum absolute atomic E-state index is 2.30. The highest BCUT2D eigenvalue weighted by Gasteiger charge is 2.20.